The summed E-state index contributed by atoms with van der Waals surface area (Å²) in [5.74, 6) is 0.702. The first-order valence-electron chi connectivity index (χ1n) is 8.91. The van der Waals surface area contributed by atoms with Crippen LogP contribution in [0.3, 0.4) is 0 Å². The number of hydrogen-bond acceptors (Lipinski definition) is 3. The summed E-state index contributed by atoms with van der Waals surface area (Å²) in [5.41, 5.74) is 0. The van der Waals surface area contributed by atoms with Crippen LogP contribution in [0.4, 0.5) is 0 Å². The molecule has 0 aromatic heterocycles. The molecule has 0 amide bonds. The fourth-order valence-electron chi connectivity index (χ4n) is 2.83. The van der Waals surface area contributed by atoms with Crippen LogP contribution in [-0.4, -0.2) is 116 Å². The van der Waals surface area contributed by atoms with Gasteiger partial charge in [-0.15, -0.1) is 0 Å². The van der Waals surface area contributed by atoms with Gasteiger partial charge in [0.05, 0.1) is 82.1 Å². The number of quaternary nitrogens is 3. The fraction of sp³-hybridized carbons (Fsp3) is 1.00. The van der Waals surface area contributed by atoms with E-state index in [2.05, 4.69) is 49.3 Å². The van der Waals surface area contributed by atoms with Crippen molar-refractivity contribution in [2.24, 2.45) is 0 Å². The molecule has 0 radical (unpaired) electrons. The summed E-state index contributed by atoms with van der Waals surface area (Å²) >= 11 is 0. The third kappa shape index (κ3) is 15.7. The molecule has 5 nitrogen and oxygen atoms in total. The molecule has 146 valence electrons. The van der Waals surface area contributed by atoms with Gasteiger partial charge in [0, 0.05) is 31.3 Å². The molecule has 0 unspecified atom stereocenters. The van der Waals surface area contributed by atoms with Crippen LogP contribution in [0.25, 0.3) is 0 Å². The van der Waals surface area contributed by atoms with Crippen molar-refractivity contribution in [3.63, 3.8) is 0 Å². The van der Waals surface area contributed by atoms with Gasteiger partial charge in [-0.05, 0) is 10.8 Å². The van der Waals surface area contributed by atoms with Gasteiger partial charge in [-0.25, -0.2) is 8.42 Å². The molecule has 0 atom stereocenters. The average Bonchev–Trinajstić information content (AvgIpc) is 2.31. The van der Waals surface area contributed by atoms with Crippen molar-refractivity contribution in [3.8, 4) is 0 Å². The quantitative estimate of drug-likeness (QED) is 0.275. The Morgan fingerprint density at radius 2 is 1.04 bits per heavy atom. The zero-order chi connectivity index (χ0) is 19.1. The molecule has 0 saturated heterocycles. The summed E-state index contributed by atoms with van der Waals surface area (Å²) in [6, 6.07) is 0. The van der Waals surface area contributed by atoms with Crippen LogP contribution in [0.5, 0.6) is 0 Å². The van der Waals surface area contributed by atoms with E-state index in [1.54, 1.807) is 0 Å². The van der Waals surface area contributed by atoms with E-state index >= 15 is 0 Å². The smallest absolute Gasteiger partial charge is 0.198 e. The molecule has 0 fully saturated rings. The summed E-state index contributed by atoms with van der Waals surface area (Å²) in [5, 5.41) is 0. The minimum atomic E-state index is -2.89. The van der Waals surface area contributed by atoms with E-state index in [4.69, 9.17) is 0 Å². The monoisotopic (exact) mass is 384 g/mol. The first-order chi connectivity index (χ1) is 10.6. The zero-order valence-corrected chi connectivity index (χ0v) is 19.0. The molecule has 0 aliphatic heterocycles. The Balaban J connectivity index is 4.00. The van der Waals surface area contributed by atoms with Crippen molar-refractivity contribution < 1.29 is 21.9 Å². The minimum absolute atomic E-state index is 0.702. The molecule has 0 spiro atoms. The van der Waals surface area contributed by atoms with Crippen molar-refractivity contribution in [1.82, 2.24) is 0 Å². The van der Waals surface area contributed by atoms with E-state index < -0.39 is 8.87 Å². The molecular formula is C17H42N3O2S2+3. The minimum Gasteiger partial charge on any atom is -0.331 e. The van der Waals surface area contributed by atoms with Gasteiger partial charge in [0.2, 0.25) is 0 Å². The van der Waals surface area contributed by atoms with Crippen LogP contribution in [0.15, 0.2) is 0 Å². The standard InChI is InChI=1S/C17H42N3O2S2/c1-18(2,3)12-9-13-19(4,5)14-10-15-20(6,7)16-11-17-23-24(8,21)22/h9-17H2,1-8H3/q+3. The van der Waals surface area contributed by atoms with Crippen LogP contribution in [-0.2, 0) is 8.87 Å². The van der Waals surface area contributed by atoms with E-state index in [1.807, 2.05) is 0 Å². The lowest BCUT2D eigenvalue weighted by Crippen LogP contribution is -2.47. The number of nitrogens with zero attached hydrogens (tertiary/aromatic N) is 3. The van der Waals surface area contributed by atoms with E-state index in [1.165, 1.54) is 38.7 Å². The Morgan fingerprint density at radius 1 is 0.667 bits per heavy atom. The van der Waals surface area contributed by atoms with E-state index in [0.717, 1.165) is 43.8 Å². The van der Waals surface area contributed by atoms with Crippen LogP contribution < -0.4 is 0 Å². The highest BCUT2D eigenvalue weighted by Gasteiger charge is 2.20. The van der Waals surface area contributed by atoms with Gasteiger partial charge in [0.15, 0.2) is 8.87 Å². The largest absolute Gasteiger partial charge is 0.331 e. The second-order valence-corrected chi connectivity index (χ2v) is 13.9. The molecule has 0 heterocycles. The molecule has 0 rings (SSSR count). The Hall–Kier alpha value is 0.180. The maximum absolute atomic E-state index is 11.1. The highest BCUT2D eigenvalue weighted by atomic mass is 33.1. The van der Waals surface area contributed by atoms with Gasteiger partial charge in [-0.1, -0.05) is 0 Å². The number of rotatable bonds is 13. The van der Waals surface area contributed by atoms with E-state index in [-0.39, 0.29) is 0 Å². The van der Waals surface area contributed by atoms with Crippen LogP contribution in [0.1, 0.15) is 19.3 Å². The Morgan fingerprint density at radius 3 is 1.42 bits per heavy atom. The van der Waals surface area contributed by atoms with Crippen LogP contribution in [0.2, 0.25) is 0 Å². The molecule has 0 aliphatic carbocycles. The van der Waals surface area contributed by atoms with E-state index in [9.17, 15) is 8.42 Å². The second kappa shape index (κ2) is 9.76. The molecule has 0 aromatic rings. The van der Waals surface area contributed by atoms with Gasteiger partial charge in [-0.3, -0.25) is 0 Å². The topological polar surface area (TPSA) is 34.1 Å². The number of hydrogen-bond donors (Lipinski definition) is 0. The third-order valence-electron chi connectivity index (χ3n) is 4.32. The summed E-state index contributed by atoms with van der Waals surface area (Å²) in [6.45, 7) is 5.85. The molecule has 24 heavy (non-hydrogen) atoms. The van der Waals surface area contributed by atoms with Crippen molar-refractivity contribution in [1.29, 1.82) is 0 Å². The molecule has 0 aromatic carbocycles. The van der Waals surface area contributed by atoms with Gasteiger partial charge < -0.3 is 13.4 Å². The molecule has 0 bridgehead atoms. The van der Waals surface area contributed by atoms with Crippen LogP contribution in [0, 0.1) is 0 Å². The van der Waals surface area contributed by atoms with Gasteiger partial charge in [0.25, 0.3) is 0 Å². The first kappa shape index (κ1) is 24.2. The molecule has 0 N–H and O–H groups in total. The maximum atomic E-state index is 11.1. The Kier molecular flexibility index (Phi) is 9.83. The summed E-state index contributed by atoms with van der Waals surface area (Å²) in [6.07, 6.45) is 4.71. The second-order valence-electron chi connectivity index (χ2n) is 9.37. The average molecular weight is 385 g/mol. The van der Waals surface area contributed by atoms with Gasteiger partial charge in [0.1, 0.15) is 0 Å². The fourth-order valence-corrected chi connectivity index (χ4v) is 4.64. The molecule has 0 saturated carbocycles. The highest BCUT2D eigenvalue weighted by Crippen LogP contribution is 2.13. The predicted octanol–water partition coefficient (Wildman–Crippen LogP) is 1.71. The lowest BCUT2D eigenvalue weighted by molar-refractivity contribution is -0.914. The zero-order valence-electron chi connectivity index (χ0n) is 17.3. The summed E-state index contributed by atoms with van der Waals surface area (Å²) in [4.78, 5) is 0. The highest BCUT2D eigenvalue weighted by molar-refractivity contribution is 8.71. The van der Waals surface area contributed by atoms with Gasteiger partial charge >= 0.3 is 0 Å². The van der Waals surface area contributed by atoms with Crippen molar-refractivity contribution in [2.45, 2.75) is 19.3 Å². The van der Waals surface area contributed by atoms with Crippen molar-refractivity contribution >= 4 is 19.7 Å². The third-order valence-corrected chi connectivity index (χ3v) is 6.99. The SMILES string of the molecule is C[N+](C)(C)CCC[N+](C)(C)CCC[N+](C)(C)CCCSS(C)(=O)=O. The molecule has 7 heteroatoms. The van der Waals surface area contributed by atoms with E-state index in [0.29, 0.717) is 5.75 Å². The maximum Gasteiger partial charge on any atom is 0.198 e. The Bertz CT molecular complexity index is 455. The van der Waals surface area contributed by atoms with Crippen LogP contribution >= 0.6 is 10.8 Å². The molecular weight excluding hydrogens is 342 g/mol. The normalized spacial score (nSPS) is 14.2. The Labute approximate surface area is 155 Å². The summed E-state index contributed by atoms with van der Waals surface area (Å²) < 4.78 is 25.4. The lowest BCUT2D eigenvalue weighted by Gasteiger charge is -2.34. The van der Waals surface area contributed by atoms with Crippen molar-refractivity contribution in [3.05, 3.63) is 0 Å². The first-order valence-corrected chi connectivity index (χ1v) is 12.3. The molecule has 0 aliphatic rings. The predicted molar refractivity (Wildman–Crippen MR) is 108 cm³/mol. The summed E-state index contributed by atoms with van der Waals surface area (Å²) in [7, 11) is 14.1. The van der Waals surface area contributed by atoms with Gasteiger partial charge in [-0.2, -0.15) is 0 Å². The lowest BCUT2D eigenvalue weighted by atomic mass is 10.2. The van der Waals surface area contributed by atoms with Crippen molar-refractivity contribution in [2.75, 3.05) is 94.1 Å².